The van der Waals surface area contributed by atoms with Crippen molar-refractivity contribution in [2.45, 2.75) is 18.9 Å². The molecule has 1 unspecified atom stereocenters. The van der Waals surface area contributed by atoms with Gasteiger partial charge in [-0.2, -0.15) is 0 Å². The molecule has 0 bridgehead atoms. The molecule has 0 saturated carbocycles. The van der Waals surface area contributed by atoms with Crippen LogP contribution >= 0.6 is 0 Å². The molecular weight excluding hydrogens is 336 g/mol. The Balaban J connectivity index is 1.42. The second kappa shape index (κ2) is 9.00. The lowest BCUT2D eigenvalue weighted by atomic mass is 10.1. The van der Waals surface area contributed by atoms with Gasteiger partial charge in [0.2, 0.25) is 5.91 Å². The minimum atomic E-state index is -0.0365. The number of rotatable bonds is 6. The van der Waals surface area contributed by atoms with Crippen LogP contribution in [0.1, 0.15) is 23.2 Å². The van der Waals surface area contributed by atoms with E-state index in [-0.39, 0.29) is 24.5 Å². The highest BCUT2D eigenvalue weighted by Gasteiger charge is 2.25. The summed E-state index contributed by atoms with van der Waals surface area (Å²) in [7, 11) is 1.58. The van der Waals surface area contributed by atoms with Crippen molar-refractivity contribution in [2.75, 3.05) is 53.1 Å². The number of hydrogen-bond acceptors (Lipinski definition) is 5. The zero-order valence-corrected chi connectivity index (χ0v) is 15.2. The summed E-state index contributed by atoms with van der Waals surface area (Å²) in [6, 6.07) is 7.13. The maximum atomic E-state index is 12.6. The van der Waals surface area contributed by atoms with Crippen molar-refractivity contribution in [3.05, 3.63) is 29.8 Å². The molecule has 1 atom stereocenters. The van der Waals surface area contributed by atoms with Crippen LogP contribution in [0.5, 0.6) is 5.75 Å². The molecule has 7 nitrogen and oxygen atoms in total. The van der Waals surface area contributed by atoms with E-state index in [1.807, 2.05) is 6.07 Å². The molecule has 2 saturated heterocycles. The summed E-state index contributed by atoms with van der Waals surface area (Å²) in [6.07, 6.45) is 2.19. The molecular formula is C19H26N2O5. The van der Waals surface area contributed by atoms with Gasteiger partial charge in [-0.3, -0.25) is 9.59 Å². The number of benzene rings is 1. The van der Waals surface area contributed by atoms with Crippen LogP contribution in [-0.2, 0) is 14.3 Å². The average molecular weight is 362 g/mol. The van der Waals surface area contributed by atoms with Gasteiger partial charge in [0.05, 0.1) is 19.8 Å². The molecule has 3 rings (SSSR count). The zero-order chi connectivity index (χ0) is 18.4. The Hall–Kier alpha value is -2.12. The molecule has 1 aromatic rings. The number of methoxy groups -OCH3 is 1. The van der Waals surface area contributed by atoms with Gasteiger partial charge in [-0.25, -0.2) is 0 Å². The lowest BCUT2D eigenvalue weighted by Crippen LogP contribution is -2.51. The topological polar surface area (TPSA) is 68.3 Å². The lowest BCUT2D eigenvalue weighted by molar-refractivity contribution is -0.138. The van der Waals surface area contributed by atoms with Crippen molar-refractivity contribution in [1.29, 1.82) is 0 Å². The first kappa shape index (κ1) is 18.7. The number of amides is 2. The van der Waals surface area contributed by atoms with Crippen LogP contribution in [0.4, 0.5) is 0 Å². The summed E-state index contributed by atoms with van der Waals surface area (Å²) in [4.78, 5) is 28.4. The third-order valence-electron chi connectivity index (χ3n) is 4.79. The van der Waals surface area contributed by atoms with Crippen LogP contribution < -0.4 is 4.74 Å². The molecule has 26 heavy (non-hydrogen) atoms. The molecule has 0 radical (unpaired) electrons. The van der Waals surface area contributed by atoms with Crippen LogP contribution in [-0.4, -0.2) is 80.8 Å². The molecule has 2 aliphatic heterocycles. The standard InChI is InChI=1S/C19H26N2O5/c1-24-16-5-2-4-15(12-16)19(23)21-9-7-20(8-10-21)18(22)14-25-13-17-6-3-11-26-17/h2,4-5,12,17H,3,6-11,13-14H2,1H3. The van der Waals surface area contributed by atoms with Crippen LogP contribution in [0.2, 0.25) is 0 Å². The van der Waals surface area contributed by atoms with Gasteiger partial charge < -0.3 is 24.0 Å². The molecule has 7 heteroatoms. The van der Waals surface area contributed by atoms with E-state index in [1.54, 1.807) is 35.1 Å². The minimum Gasteiger partial charge on any atom is -0.497 e. The Labute approximate surface area is 153 Å². The molecule has 0 spiro atoms. The Kier molecular flexibility index (Phi) is 6.46. The van der Waals surface area contributed by atoms with Crippen molar-refractivity contribution >= 4 is 11.8 Å². The Morgan fingerprint density at radius 2 is 1.96 bits per heavy atom. The average Bonchev–Trinajstić information content (AvgIpc) is 3.21. The molecule has 0 N–H and O–H groups in total. The van der Waals surface area contributed by atoms with E-state index >= 15 is 0 Å². The predicted molar refractivity (Wildman–Crippen MR) is 95.3 cm³/mol. The van der Waals surface area contributed by atoms with E-state index in [2.05, 4.69) is 0 Å². The molecule has 142 valence electrons. The summed E-state index contributed by atoms with van der Waals surface area (Å²) in [5, 5.41) is 0. The van der Waals surface area contributed by atoms with Gasteiger partial charge in [-0.1, -0.05) is 6.07 Å². The SMILES string of the molecule is COc1cccc(C(=O)N2CCN(C(=O)COCC3CCCO3)CC2)c1. The minimum absolute atomic E-state index is 0.0310. The summed E-state index contributed by atoms with van der Waals surface area (Å²) in [5.41, 5.74) is 0.601. The van der Waals surface area contributed by atoms with E-state index in [4.69, 9.17) is 14.2 Å². The highest BCUT2D eigenvalue weighted by atomic mass is 16.5. The molecule has 2 fully saturated rings. The summed E-state index contributed by atoms with van der Waals surface area (Å²) < 4.78 is 16.1. The third kappa shape index (κ3) is 4.74. The zero-order valence-electron chi connectivity index (χ0n) is 15.2. The summed E-state index contributed by atoms with van der Waals surface area (Å²) in [5.74, 6) is 0.593. The summed E-state index contributed by atoms with van der Waals surface area (Å²) >= 11 is 0. The Morgan fingerprint density at radius 1 is 1.19 bits per heavy atom. The van der Waals surface area contributed by atoms with Gasteiger partial charge in [0, 0.05) is 38.3 Å². The fourth-order valence-corrected chi connectivity index (χ4v) is 3.24. The van der Waals surface area contributed by atoms with E-state index in [0.717, 1.165) is 19.4 Å². The van der Waals surface area contributed by atoms with Crippen LogP contribution in [0, 0.1) is 0 Å². The number of carbonyl (C=O) groups is 2. The fourth-order valence-electron chi connectivity index (χ4n) is 3.24. The van der Waals surface area contributed by atoms with Gasteiger partial charge in [0.1, 0.15) is 12.4 Å². The van der Waals surface area contributed by atoms with Crippen molar-refractivity contribution in [3.8, 4) is 5.75 Å². The van der Waals surface area contributed by atoms with Crippen molar-refractivity contribution in [2.24, 2.45) is 0 Å². The first-order valence-electron chi connectivity index (χ1n) is 9.08. The Morgan fingerprint density at radius 3 is 2.65 bits per heavy atom. The first-order chi connectivity index (χ1) is 12.7. The van der Waals surface area contributed by atoms with Gasteiger partial charge in [0.25, 0.3) is 5.91 Å². The van der Waals surface area contributed by atoms with E-state index in [0.29, 0.717) is 44.1 Å². The van der Waals surface area contributed by atoms with Crippen molar-refractivity contribution in [1.82, 2.24) is 9.80 Å². The molecule has 0 aliphatic carbocycles. The number of ether oxygens (including phenoxy) is 3. The van der Waals surface area contributed by atoms with Crippen LogP contribution in [0.3, 0.4) is 0 Å². The molecule has 0 aromatic heterocycles. The third-order valence-corrected chi connectivity index (χ3v) is 4.79. The molecule has 2 amide bonds. The maximum Gasteiger partial charge on any atom is 0.254 e. The summed E-state index contributed by atoms with van der Waals surface area (Å²) in [6.45, 7) is 3.42. The normalized spacial score (nSPS) is 20.3. The maximum absolute atomic E-state index is 12.6. The largest absolute Gasteiger partial charge is 0.497 e. The van der Waals surface area contributed by atoms with Gasteiger partial charge in [-0.15, -0.1) is 0 Å². The van der Waals surface area contributed by atoms with Crippen LogP contribution in [0.25, 0.3) is 0 Å². The molecule has 2 aliphatic rings. The van der Waals surface area contributed by atoms with Gasteiger partial charge in [-0.05, 0) is 31.0 Å². The van der Waals surface area contributed by atoms with Crippen molar-refractivity contribution in [3.63, 3.8) is 0 Å². The quantitative estimate of drug-likeness (QED) is 0.760. The Bertz CT molecular complexity index is 622. The van der Waals surface area contributed by atoms with Crippen molar-refractivity contribution < 1.29 is 23.8 Å². The lowest BCUT2D eigenvalue weighted by Gasteiger charge is -2.34. The number of piperazine rings is 1. The second-order valence-electron chi connectivity index (χ2n) is 6.56. The highest BCUT2D eigenvalue weighted by molar-refractivity contribution is 5.94. The van der Waals surface area contributed by atoms with Gasteiger partial charge >= 0.3 is 0 Å². The second-order valence-corrected chi connectivity index (χ2v) is 6.56. The van der Waals surface area contributed by atoms with Crippen LogP contribution in [0.15, 0.2) is 24.3 Å². The highest BCUT2D eigenvalue weighted by Crippen LogP contribution is 2.16. The van der Waals surface area contributed by atoms with E-state index < -0.39 is 0 Å². The predicted octanol–water partition coefficient (Wildman–Crippen LogP) is 1.18. The van der Waals surface area contributed by atoms with E-state index in [1.165, 1.54) is 0 Å². The molecule has 1 aromatic carbocycles. The molecule has 2 heterocycles. The first-order valence-corrected chi connectivity index (χ1v) is 9.08. The smallest absolute Gasteiger partial charge is 0.254 e. The fraction of sp³-hybridized carbons (Fsp3) is 0.579. The number of carbonyl (C=O) groups excluding carboxylic acids is 2. The number of nitrogens with zero attached hydrogens (tertiary/aromatic N) is 2. The van der Waals surface area contributed by atoms with E-state index in [9.17, 15) is 9.59 Å². The van der Waals surface area contributed by atoms with Gasteiger partial charge in [0.15, 0.2) is 0 Å². The monoisotopic (exact) mass is 362 g/mol. The number of hydrogen-bond donors (Lipinski definition) is 0.